The molecule has 1 aromatic heterocycles. The van der Waals surface area contributed by atoms with Crippen LogP contribution in [0.2, 0.25) is 0 Å². The van der Waals surface area contributed by atoms with E-state index in [4.69, 9.17) is 0 Å². The molecule has 0 aliphatic carbocycles. The maximum Gasteiger partial charge on any atom is 0.0995 e. The summed E-state index contributed by atoms with van der Waals surface area (Å²) in [7, 11) is 2.17. The molecule has 0 saturated carbocycles. The minimum absolute atomic E-state index is 1.03. The molecule has 0 spiro atoms. The fourth-order valence-corrected chi connectivity index (χ4v) is 4.41. The number of para-hydroxylation sites is 1. The van der Waals surface area contributed by atoms with Gasteiger partial charge in [0.25, 0.3) is 0 Å². The molecule has 0 unspecified atom stereocenters. The zero-order chi connectivity index (χ0) is 14.4. The van der Waals surface area contributed by atoms with Crippen molar-refractivity contribution in [3.8, 4) is 0 Å². The van der Waals surface area contributed by atoms with Crippen LogP contribution in [-0.2, 0) is 6.42 Å². The number of rotatable bonds is 0. The summed E-state index contributed by atoms with van der Waals surface area (Å²) >= 11 is 1.89. The molecule has 0 fully saturated rings. The Morgan fingerprint density at radius 3 is 2.67 bits per heavy atom. The van der Waals surface area contributed by atoms with Gasteiger partial charge in [-0.15, -0.1) is 11.3 Å². The average molecular weight is 291 g/mol. The molecule has 1 aliphatic heterocycles. The number of thiophene rings is 1. The van der Waals surface area contributed by atoms with Crippen LogP contribution < -0.4 is 4.90 Å². The topological polar surface area (TPSA) is 3.24 Å². The van der Waals surface area contributed by atoms with Crippen molar-refractivity contribution >= 4 is 37.7 Å². The quantitative estimate of drug-likeness (QED) is 0.519. The molecule has 0 saturated heterocycles. The molecule has 4 rings (SSSR count). The molecular weight excluding hydrogens is 274 g/mol. The van der Waals surface area contributed by atoms with E-state index in [-0.39, 0.29) is 0 Å². The summed E-state index contributed by atoms with van der Waals surface area (Å²) in [6.07, 6.45) is 2.09. The van der Waals surface area contributed by atoms with Crippen LogP contribution in [0.25, 0.3) is 15.7 Å². The van der Waals surface area contributed by atoms with Gasteiger partial charge in [-0.2, -0.15) is 0 Å². The zero-order valence-electron chi connectivity index (χ0n) is 12.1. The molecule has 0 atom stereocenters. The van der Waals surface area contributed by atoms with Gasteiger partial charge in [0.15, 0.2) is 0 Å². The predicted molar refractivity (Wildman–Crippen MR) is 93.7 cm³/mol. The highest BCUT2D eigenvalue weighted by Gasteiger charge is 2.21. The van der Waals surface area contributed by atoms with E-state index in [2.05, 4.69) is 67.1 Å². The van der Waals surface area contributed by atoms with Crippen molar-refractivity contribution in [2.75, 3.05) is 11.9 Å². The second kappa shape index (κ2) is 4.74. The Bertz CT molecular complexity index is 844. The third-order valence-electron chi connectivity index (χ3n) is 4.30. The highest BCUT2D eigenvalue weighted by atomic mass is 32.1. The molecule has 0 amide bonds. The largest absolute Gasteiger partial charge is 0.336 e. The maximum atomic E-state index is 4.31. The van der Waals surface area contributed by atoms with Gasteiger partial charge in [0, 0.05) is 23.0 Å². The first-order chi connectivity index (χ1) is 10.3. The Labute approximate surface area is 129 Å². The van der Waals surface area contributed by atoms with Gasteiger partial charge in [-0.05, 0) is 41.5 Å². The van der Waals surface area contributed by atoms with Gasteiger partial charge in [0.2, 0.25) is 0 Å². The summed E-state index contributed by atoms with van der Waals surface area (Å²) in [5.74, 6) is 0. The van der Waals surface area contributed by atoms with Crippen LogP contribution in [0.5, 0.6) is 0 Å². The number of hydrogen-bond acceptors (Lipinski definition) is 2. The lowest BCUT2D eigenvalue weighted by Crippen LogP contribution is -2.13. The van der Waals surface area contributed by atoms with Crippen molar-refractivity contribution in [1.82, 2.24) is 0 Å². The van der Waals surface area contributed by atoms with Gasteiger partial charge >= 0.3 is 0 Å². The highest BCUT2D eigenvalue weighted by molar-refractivity contribution is 7.23. The Hall–Kier alpha value is -2.06. The number of aryl methyl sites for hydroxylation is 1. The van der Waals surface area contributed by atoms with Crippen LogP contribution in [0, 0.1) is 0 Å². The summed E-state index contributed by atoms with van der Waals surface area (Å²) in [5.41, 5.74) is 5.24. The van der Waals surface area contributed by atoms with Crippen molar-refractivity contribution < 1.29 is 0 Å². The van der Waals surface area contributed by atoms with Crippen LogP contribution >= 0.6 is 11.3 Å². The molecule has 104 valence electrons. The van der Waals surface area contributed by atoms with E-state index >= 15 is 0 Å². The average Bonchev–Trinajstić information content (AvgIpc) is 2.89. The standard InChI is InChI=1S/C19H17NS/c1-13-11-12-16-15-8-4-6-10-18(15)21-19(16)20(2)17-9-5-3-7-14(13)17/h3-10H,1,11-12H2,2H3. The lowest BCUT2D eigenvalue weighted by Gasteiger charge is -2.26. The molecule has 0 N–H and O–H groups in total. The third kappa shape index (κ3) is 1.90. The monoisotopic (exact) mass is 291 g/mol. The van der Waals surface area contributed by atoms with Crippen LogP contribution in [0.15, 0.2) is 55.1 Å². The summed E-state index contributed by atoms with van der Waals surface area (Å²) < 4.78 is 1.37. The summed E-state index contributed by atoms with van der Waals surface area (Å²) in [4.78, 5) is 2.33. The Morgan fingerprint density at radius 1 is 1.00 bits per heavy atom. The van der Waals surface area contributed by atoms with Crippen LogP contribution in [0.4, 0.5) is 10.7 Å². The Morgan fingerprint density at radius 2 is 1.76 bits per heavy atom. The van der Waals surface area contributed by atoms with E-state index in [1.165, 1.54) is 37.5 Å². The summed E-state index contributed by atoms with van der Waals surface area (Å²) in [5, 5.41) is 2.77. The lowest BCUT2D eigenvalue weighted by atomic mass is 9.95. The van der Waals surface area contributed by atoms with Gasteiger partial charge in [-0.3, -0.25) is 0 Å². The van der Waals surface area contributed by atoms with E-state index in [1.54, 1.807) is 0 Å². The van der Waals surface area contributed by atoms with E-state index < -0.39 is 0 Å². The molecule has 0 radical (unpaired) electrons. The first-order valence-corrected chi connectivity index (χ1v) is 8.08. The highest BCUT2D eigenvalue weighted by Crippen LogP contribution is 2.45. The van der Waals surface area contributed by atoms with Crippen molar-refractivity contribution in [2.24, 2.45) is 0 Å². The molecule has 3 aromatic rings. The van der Waals surface area contributed by atoms with Crippen molar-refractivity contribution in [3.63, 3.8) is 0 Å². The molecule has 21 heavy (non-hydrogen) atoms. The zero-order valence-corrected chi connectivity index (χ0v) is 12.9. The lowest BCUT2D eigenvalue weighted by molar-refractivity contribution is 1.01. The molecule has 2 aromatic carbocycles. The molecule has 2 heterocycles. The van der Waals surface area contributed by atoms with Crippen molar-refractivity contribution in [2.45, 2.75) is 12.8 Å². The van der Waals surface area contributed by atoms with Crippen molar-refractivity contribution in [3.05, 3.63) is 66.2 Å². The molecule has 1 nitrogen and oxygen atoms in total. The van der Waals surface area contributed by atoms with E-state index in [9.17, 15) is 0 Å². The normalized spacial score (nSPS) is 14.5. The first-order valence-electron chi connectivity index (χ1n) is 7.27. The number of nitrogens with zero attached hydrogens (tertiary/aromatic N) is 1. The first kappa shape index (κ1) is 12.7. The van der Waals surface area contributed by atoms with Crippen LogP contribution in [-0.4, -0.2) is 7.05 Å². The fraction of sp³-hybridized carbons (Fsp3) is 0.158. The fourth-order valence-electron chi connectivity index (χ4n) is 3.18. The second-order valence-electron chi connectivity index (χ2n) is 5.56. The van der Waals surface area contributed by atoms with Crippen LogP contribution in [0.3, 0.4) is 0 Å². The number of allylic oxidation sites excluding steroid dienone is 1. The SMILES string of the molecule is C=C1CCc2c(sc3ccccc23)N(C)c2ccccc21. The van der Waals surface area contributed by atoms with E-state index in [0.717, 1.165) is 12.8 Å². The van der Waals surface area contributed by atoms with E-state index in [1.807, 2.05) is 11.3 Å². The smallest absolute Gasteiger partial charge is 0.0995 e. The van der Waals surface area contributed by atoms with Gasteiger partial charge < -0.3 is 4.90 Å². The van der Waals surface area contributed by atoms with Crippen LogP contribution in [0.1, 0.15) is 17.5 Å². The third-order valence-corrected chi connectivity index (χ3v) is 5.59. The van der Waals surface area contributed by atoms with Gasteiger partial charge in [0.1, 0.15) is 0 Å². The van der Waals surface area contributed by atoms with Gasteiger partial charge in [-0.25, -0.2) is 0 Å². The van der Waals surface area contributed by atoms with E-state index in [0.29, 0.717) is 0 Å². The molecule has 2 heteroatoms. The molecular formula is C19H17NS. The van der Waals surface area contributed by atoms with Gasteiger partial charge in [0.05, 0.1) is 5.00 Å². The number of fused-ring (bicyclic) bond motifs is 4. The Kier molecular flexibility index (Phi) is 2.86. The molecule has 0 bridgehead atoms. The number of benzene rings is 2. The number of anilines is 2. The van der Waals surface area contributed by atoms with Gasteiger partial charge in [-0.1, -0.05) is 43.0 Å². The minimum atomic E-state index is 1.03. The summed E-state index contributed by atoms with van der Waals surface area (Å²) in [6, 6.07) is 17.3. The number of hydrogen-bond donors (Lipinski definition) is 0. The summed E-state index contributed by atoms with van der Waals surface area (Å²) in [6.45, 7) is 4.31. The maximum absolute atomic E-state index is 4.31. The Balaban J connectivity index is 2.00. The predicted octanol–water partition coefficient (Wildman–Crippen LogP) is 5.63. The minimum Gasteiger partial charge on any atom is -0.336 e. The second-order valence-corrected chi connectivity index (χ2v) is 6.59. The van der Waals surface area contributed by atoms with Crippen molar-refractivity contribution in [1.29, 1.82) is 0 Å². The molecule has 1 aliphatic rings.